The zero-order chi connectivity index (χ0) is 29.0. The number of urea groups is 1. The second-order valence-corrected chi connectivity index (χ2v) is 10.0. The molecule has 0 bridgehead atoms. The van der Waals surface area contributed by atoms with E-state index in [-0.39, 0.29) is 22.5 Å². The summed E-state index contributed by atoms with van der Waals surface area (Å²) in [5, 5.41) is 12.9. The van der Waals surface area contributed by atoms with Crippen molar-refractivity contribution in [2.45, 2.75) is 36.9 Å². The molecule has 1 heterocycles. The number of nitrogens with zero attached hydrogens (tertiary/aromatic N) is 1. The fourth-order valence-corrected chi connectivity index (χ4v) is 5.56. The number of ether oxygens (including phenoxy) is 2. The highest BCUT2D eigenvalue weighted by atomic mass is 35.5. The number of hydrogen-bond acceptors (Lipinski definition) is 5. The lowest BCUT2D eigenvalue weighted by atomic mass is 9.63. The third-order valence-electron chi connectivity index (χ3n) is 7.09. The van der Waals surface area contributed by atoms with Gasteiger partial charge in [0.05, 0.1) is 19.2 Å². The highest BCUT2D eigenvalue weighted by molar-refractivity contribution is 6.31. The number of fused-ring (bicyclic) bond motifs is 1. The van der Waals surface area contributed by atoms with Crippen LogP contribution in [0.3, 0.4) is 0 Å². The van der Waals surface area contributed by atoms with E-state index in [9.17, 15) is 22.4 Å². The van der Waals surface area contributed by atoms with Crippen LogP contribution in [0.2, 0.25) is 5.02 Å². The van der Waals surface area contributed by atoms with Crippen LogP contribution in [0.4, 0.5) is 28.0 Å². The number of anilines is 1. The minimum Gasteiger partial charge on any atom is -0.493 e. The molecule has 3 N–H and O–H groups in total. The Kier molecular flexibility index (Phi) is 9.55. The lowest BCUT2D eigenvalue weighted by Crippen LogP contribution is -2.48. The summed E-state index contributed by atoms with van der Waals surface area (Å²) in [5.41, 5.74) is 1.74. The van der Waals surface area contributed by atoms with Crippen LogP contribution in [0.15, 0.2) is 36.4 Å². The van der Waals surface area contributed by atoms with Gasteiger partial charge in [-0.2, -0.15) is 13.2 Å². The summed E-state index contributed by atoms with van der Waals surface area (Å²) in [6.45, 7) is 1.95. The van der Waals surface area contributed by atoms with Gasteiger partial charge in [-0.15, -0.1) is 0 Å². The lowest BCUT2D eigenvalue weighted by Gasteiger charge is -2.42. The van der Waals surface area contributed by atoms with Gasteiger partial charge in [0.15, 0.2) is 11.5 Å². The Hall–Kier alpha value is -3.25. The first kappa shape index (κ1) is 30.3. The Morgan fingerprint density at radius 2 is 1.79 bits per heavy atom. The predicted octanol–water partition coefficient (Wildman–Crippen LogP) is 5.30. The number of likely N-dealkylation sites (N-methyl/N-ethyl adjacent to an activating group) is 1. The van der Waals surface area contributed by atoms with Gasteiger partial charge in [-0.3, -0.25) is 0 Å². The Morgan fingerprint density at radius 1 is 1.13 bits per heavy atom. The van der Waals surface area contributed by atoms with E-state index >= 15 is 0 Å². The number of carboxylic acids is 1. The van der Waals surface area contributed by atoms with Gasteiger partial charge < -0.3 is 30.1 Å². The number of halogens is 5. The number of alkyl halides is 3. The molecule has 214 valence electrons. The predicted molar refractivity (Wildman–Crippen MR) is 137 cm³/mol. The molecule has 39 heavy (non-hydrogen) atoms. The largest absolute Gasteiger partial charge is 0.493 e. The van der Waals surface area contributed by atoms with Gasteiger partial charge in [-0.05, 0) is 68.1 Å². The molecule has 3 unspecified atom stereocenters. The number of carbonyl (C=O) groups is 2. The summed E-state index contributed by atoms with van der Waals surface area (Å²) in [6, 6.07) is 10.1. The van der Waals surface area contributed by atoms with Crippen molar-refractivity contribution in [3.63, 3.8) is 0 Å². The number of likely N-dealkylation sites (tertiary alicyclic amines) is 1. The van der Waals surface area contributed by atoms with Crippen LogP contribution < -0.4 is 20.1 Å². The first-order valence-corrected chi connectivity index (χ1v) is 12.4. The summed E-state index contributed by atoms with van der Waals surface area (Å²) in [6.07, 6.45) is -2.36. The first-order valence-electron chi connectivity index (χ1n) is 12.0. The number of nitrogens with one attached hydrogen (secondary N) is 2. The van der Waals surface area contributed by atoms with E-state index in [1.807, 2.05) is 6.07 Å². The molecule has 8 nitrogen and oxygen atoms in total. The molecule has 1 saturated heterocycles. The van der Waals surface area contributed by atoms with Gasteiger partial charge in [-0.25, -0.2) is 14.0 Å². The maximum Gasteiger partial charge on any atom is 0.490 e. The summed E-state index contributed by atoms with van der Waals surface area (Å²) < 4.78 is 56.1. The number of hydrogen-bond donors (Lipinski definition) is 3. The van der Waals surface area contributed by atoms with E-state index in [4.69, 9.17) is 31.0 Å². The van der Waals surface area contributed by atoms with Crippen molar-refractivity contribution in [1.29, 1.82) is 0 Å². The van der Waals surface area contributed by atoms with Gasteiger partial charge in [0.1, 0.15) is 5.82 Å². The minimum atomic E-state index is -5.08. The molecule has 4 rings (SSSR count). The van der Waals surface area contributed by atoms with Gasteiger partial charge in [-0.1, -0.05) is 17.7 Å². The normalized spacial score (nSPS) is 22.7. The molecule has 2 amide bonds. The minimum absolute atomic E-state index is 0.0193. The first-order chi connectivity index (χ1) is 18.3. The van der Waals surface area contributed by atoms with Gasteiger partial charge in [0.25, 0.3) is 0 Å². The monoisotopic (exact) mass is 575 g/mol. The molecule has 1 saturated carbocycles. The third kappa shape index (κ3) is 7.24. The molecule has 2 fully saturated rings. The van der Waals surface area contributed by atoms with E-state index in [0.717, 1.165) is 43.9 Å². The number of amides is 2. The van der Waals surface area contributed by atoms with Gasteiger partial charge in [0.2, 0.25) is 0 Å². The van der Waals surface area contributed by atoms with E-state index < -0.39 is 18.0 Å². The van der Waals surface area contributed by atoms with Crippen molar-refractivity contribution in [2.24, 2.45) is 5.92 Å². The number of aliphatic carboxylic acids is 1. The Balaban J connectivity index is 0.000000532. The molecule has 2 aromatic rings. The van der Waals surface area contributed by atoms with E-state index in [1.165, 1.54) is 23.8 Å². The maximum absolute atomic E-state index is 13.4. The fraction of sp³-hybridized carbons (Fsp3) is 0.462. The second-order valence-electron chi connectivity index (χ2n) is 9.62. The third-order valence-corrected chi connectivity index (χ3v) is 7.38. The maximum atomic E-state index is 13.4. The molecule has 0 radical (unpaired) electrons. The average Bonchev–Trinajstić information content (AvgIpc) is 3.21. The van der Waals surface area contributed by atoms with E-state index in [0.29, 0.717) is 11.6 Å². The van der Waals surface area contributed by atoms with Gasteiger partial charge >= 0.3 is 18.2 Å². The second kappa shape index (κ2) is 12.3. The average molecular weight is 576 g/mol. The molecular weight excluding hydrogens is 546 g/mol. The highest BCUT2D eigenvalue weighted by Gasteiger charge is 2.50. The number of benzene rings is 2. The zero-order valence-electron chi connectivity index (χ0n) is 21.6. The molecule has 3 atom stereocenters. The molecule has 13 heteroatoms. The number of rotatable bonds is 5. The lowest BCUT2D eigenvalue weighted by molar-refractivity contribution is -0.192. The quantitative estimate of drug-likeness (QED) is 0.418. The Bertz CT molecular complexity index is 1200. The SMILES string of the molecule is COc1ccc(C23CCC(NC(=O)Nc4ccc(F)c(Cl)c4)CC2CN(C)C3)cc1OC.O=C(O)C(F)(F)F. The van der Waals surface area contributed by atoms with E-state index in [2.05, 4.69) is 34.7 Å². The van der Waals surface area contributed by atoms with Crippen LogP contribution in [-0.2, 0) is 10.2 Å². The van der Waals surface area contributed by atoms with Crippen LogP contribution in [0.1, 0.15) is 24.8 Å². The summed E-state index contributed by atoms with van der Waals surface area (Å²) >= 11 is 5.81. The molecule has 2 aliphatic rings. The number of carboxylic acid groups (broad SMARTS) is 1. The Morgan fingerprint density at radius 3 is 2.38 bits per heavy atom. The standard InChI is InChI=1S/C24H29ClFN3O3.C2HF3O2/c1-29-13-16-10-18(28-23(30)27-17-5-6-20(26)19(25)12-17)8-9-24(16,14-29)15-4-7-21(31-2)22(11-15)32-3;3-2(4,5)1(6)7/h4-7,11-12,16,18H,8-10,13-14H2,1-3H3,(H2,27,28,30);(H,6,7). The summed E-state index contributed by atoms with van der Waals surface area (Å²) in [5.74, 6) is -1.40. The molecule has 2 aromatic carbocycles. The van der Waals surface area contributed by atoms with Crippen molar-refractivity contribution in [3.05, 3.63) is 52.8 Å². The smallest absolute Gasteiger partial charge is 0.490 e. The van der Waals surface area contributed by atoms with Gasteiger partial charge in [0, 0.05) is 30.2 Å². The topological polar surface area (TPSA) is 100 Å². The molecular formula is C26H30ClF4N3O5. The van der Waals surface area contributed by atoms with Crippen LogP contribution >= 0.6 is 11.6 Å². The van der Waals surface area contributed by atoms with Crippen LogP contribution in [0.5, 0.6) is 11.5 Å². The van der Waals surface area contributed by atoms with Crippen molar-refractivity contribution < 1.29 is 41.7 Å². The Labute approximate surface area is 228 Å². The van der Waals surface area contributed by atoms with Crippen molar-refractivity contribution in [1.82, 2.24) is 10.2 Å². The molecule has 0 aromatic heterocycles. The number of carbonyl (C=O) groups excluding carboxylic acids is 1. The van der Waals surface area contributed by atoms with Crippen LogP contribution in [-0.4, -0.2) is 68.6 Å². The summed E-state index contributed by atoms with van der Waals surface area (Å²) in [4.78, 5) is 23.8. The van der Waals surface area contributed by atoms with Crippen molar-refractivity contribution >= 4 is 29.3 Å². The van der Waals surface area contributed by atoms with Crippen molar-refractivity contribution in [3.8, 4) is 11.5 Å². The summed E-state index contributed by atoms with van der Waals surface area (Å²) in [7, 11) is 5.45. The number of methoxy groups -OCH3 is 2. The van der Waals surface area contributed by atoms with Crippen LogP contribution in [0, 0.1) is 11.7 Å². The molecule has 0 spiro atoms. The fourth-order valence-electron chi connectivity index (χ4n) is 5.38. The van der Waals surface area contributed by atoms with Crippen molar-refractivity contribution in [2.75, 3.05) is 39.7 Å². The molecule has 1 aliphatic carbocycles. The molecule has 1 aliphatic heterocycles. The van der Waals surface area contributed by atoms with E-state index in [1.54, 1.807) is 14.2 Å². The zero-order valence-corrected chi connectivity index (χ0v) is 22.3. The highest BCUT2D eigenvalue weighted by Crippen LogP contribution is 2.49. The van der Waals surface area contributed by atoms with Crippen LogP contribution in [0.25, 0.3) is 0 Å².